The molecule has 0 spiro atoms. The summed E-state index contributed by atoms with van der Waals surface area (Å²) < 4.78 is 29.3. The third kappa shape index (κ3) is 3.14. The Morgan fingerprint density at radius 1 is 0.905 bits per heavy atom. The van der Waals surface area contributed by atoms with Crippen molar-refractivity contribution >= 4 is 10.2 Å². The van der Waals surface area contributed by atoms with Gasteiger partial charge in [0.2, 0.25) is 0 Å². The van der Waals surface area contributed by atoms with Crippen molar-refractivity contribution in [1.82, 2.24) is 8.61 Å². The summed E-state index contributed by atoms with van der Waals surface area (Å²) in [5.74, 6) is 0.859. The zero-order chi connectivity index (χ0) is 14.9. The smallest absolute Gasteiger partial charge is 0.282 e. The van der Waals surface area contributed by atoms with Gasteiger partial charge in [-0.2, -0.15) is 17.0 Å². The molecule has 0 aromatic rings. The molecule has 1 unspecified atom stereocenters. The van der Waals surface area contributed by atoms with Gasteiger partial charge in [0.05, 0.1) is 0 Å². The van der Waals surface area contributed by atoms with Gasteiger partial charge in [-0.3, -0.25) is 0 Å². The molecule has 1 saturated carbocycles. The zero-order valence-electron chi connectivity index (χ0n) is 12.8. The van der Waals surface area contributed by atoms with Crippen LogP contribution in [-0.4, -0.2) is 54.4 Å². The lowest BCUT2D eigenvalue weighted by Gasteiger charge is -2.36. The average Bonchev–Trinajstić information content (AvgIpc) is 3.17. The molecule has 3 aliphatic rings. The molecule has 2 saturated heterocycles. The molecule has 21 heavy (non-hydrogen) atoms. The largest absolute Gasteiger partial charge is 0.396 e. The van der Waals surface area contributed by atoms with E-state index in [1.165, 1.54) is 25.7 Å². The molecule has 5 nitrogen and oxygen atoms in total. The number of hydrogen-bond acceptors (Lipinski definition) is 3. The molecule has 122 valence electrons. The topological polar surface area (TPSA) is 60.9 Å². The summed E-state index contributed by atoms with van der Waals surface area (Å²) in [6.07, 6.45) is 8.54. The van der Waals surface area contributed by atoms with Crippen molar-refractivity contribution < 1.29 is 13.5 Å². The van der Waals surface area contributed by atoms with E-state index in [1.54, 1.807) is 4.31 Å². The first kappa shape index (κ1) is 15.7. The molecule has 2 heterocycles. The highest BCUT2D eigenvalue weighted by Crippen LogP contribution is 2.37. The Morgan fingerprint density at radius 3 is 2.19 bits per heavy atom. The summed E-state index contributed by atoms with van der Waals surface area (Å²) in [5.41, 5.74) is 0. The molecule has 1 N–H and O–H groups in total. The van der Waals surface area contributed by atoms with Crippen LogP contribution in [0.1, 0.15) is 51.4 Å². The molecule has 6 heteroatoms. The predicted molar refractivity (Wildman–Crippen MR) is 82.0 cm³/mol. The molecule has 0 aromatic carbocycles. The first-order chi connectivity index (χ1) is 10.1. The minimum atomic E-state index is -3.29. The normalized spacial score (nSPS) is 31.2. The fraction of sp³-hybridized carbons (Fsp3) is 1.00. The highest BCUT2D eigenvalue weighted by atomic mass is 32.2. The van der Waals surface area contributed by atoms with Gasteiger partial charge in [-0.15, -0.1) is 0 Å². The maximum Gasteiger partial charge on any atom is 0.282 e. The molecular formula is C15H28N2O3S. The molecular weight excluding hydrogens is 288 g/mol. The molecule has 1 atom stereocenters. The van der Waals surface area contributed by atoms with Crippen LogP contribution in [0.2, 0.25) is 0 Å². The molecule has 1 aliphatic carbocycles. The lowest BCUT2D eigenvalue weighted by atomic mass is 9.97. The fourth-order valence-corrected chi connectivity index (χ4v) is 6.28. The summed E-state index contributed by atoms with van der Waals surface area (Å²) in [6, 6.07) is 0.244. The van der Waals surface area contributed by atoms with Crippen molar-refractivity contribution in [2.45, 2.75) is 57.4 Å². The highest BCUT2D eigenvalue weighted by Gasteiger charge is 2.42. The van der Waals surface area contributed by atoms with Crippen LogP contribution in [0, 0.1) is 11.8 Å². The van der Waals surface area contributed by atoms with Crippen LogP contribution >= 0.6 is 0 Å². The predicted octanol–water partition coefficient (Wildman–Crippen LogP) is 1.59. The van der Waals surface area contributed by atoms with Crippen molar-refractivity contribution in [1.29, 1.82) is 0 Å². The van der Waals surface area contributed by atoms with Gasteiger partial charge in [-0.05, 0) is 50.4 Å². The number of hydrogen-bond donors (Lipinski definition) is 1. The highest BCUT2D eigenvalue weighted by molar-refractivity contribution is 7.86. The monoisotopic (exact) mass is 316 g/mol. The van der Waals surface area contributed by atoms with Gasteiger partial charge >= 0.3 is 0 Å². The fourth-order valence-electron chi connectivity index (χ4n) is 4.34. The van der Waals surface area contributed by atoms with Gasteiger partial charge in [0.15, 0.2) is 0 Å². The van der Waals surface area contributed by atoms with Crippen LogP contribution in [0.3, 0.4) is 0 Å². The summed E-state index contributed by atoms with van der Waals surface area (Å²) >= 11 is 0. The van der Waals surface area contributed by atoms with Crippen molar-refractivity contribution in [3.8, 4) is 0 Å². The number of aliphatic hydroxyl groups excluding tert-OH is 1. The second kappa shape index (κ2) is 6.52. The van der Waals surface area contributed by atoms with Crippen LogP contribution in [-0.2, 0) is 10.2 Å². The quantitative estimate of drug-likeness (QED) is 0.857. The summed E-state index contributed by atoms with van der Waals surface area (Å²) in [4.78, 5) is 0. The molecule has 0 radical (unpaired) electrons. The molecule has 0 aromatic heterocycles. The van der Waals surface area contributed by atoms with Gasteiger partial charge < -0.3 is 5.11 Å². The Kier molecular flexibility index (Phi) is 4.88. The molecule has 3 fully saturated rings. The number of aliphatic hydroxyl groups is 1. The second-order valence-electron chi connectivity index (χ2n) is 6.90. The van der Waals surface area contributed by atoms with Gasteiger partial charge in [0.1, 0.15) is 0 Å². The molecule has 0 amide bonds. The number of rotatable bonds is 4. The van der Waals surface area contributed by atoms with Gasteiger partial charge in [0.25, 0.3) is 10.2 Å². The maximum absolute atomic E-state index is 12.9. The Morgan fingerprint density at radius 2 is 1.57 bits per heavy atom. The lowest BCUT2D eigenvalue weighted by Crippen LogP contribution is -2.50. The third-order valence-electron chi connectivity index (χ3n) is 5.65. The Bertz CT molecular complexity index is 440. The van der Waals surface area contributed by atoms with Gasteiger partial charge in [0, 0.05) is 32.3 Å². The molecule has 0 bridgehead atoms. The van der Waals surface area contributed by atoms with Crippen LogP contribution in [0.4, 0.5) is 0 Å². The van der Waals surface area contributed by atoms with E-state index in [0.717, 1.165) is 25.7 Å². The van der Waals surface area contributed by atoms with Crippen LogP contribution < -0.4 is 0 Å². The van der Waals surface area contributed by atoms with Crippen molar-refractivity contribution in [2.24, 2.45) is 11.8 Å². The van der Waals surface area contributed by atoms with E-state index in [0.29, 0.717) is 25.6 Å². The minimum Gasteiger partial charge on any atom is -0.396 e. The van der Waals surface area contributed by atoms with E-state index in [2.05, 4.69) is 0 Å². The Labute approximate surface area is 128 Å². The molecule has 3 rings (SSSR count). The van der Waals surface area contributed by atoms with E-state index in [-0.39, 0.29) is 18.6 Å². The van der Waals surface area contributed by atoms with Crippen molar-refractivity contribution in [3.05, 3.63) is 0 Å². The minimum absolute atomic E-state index is 0.183. The molecule has 2 aliphatic heterocycles. The standard InChI is InChI=1S/C15H28N2O3S/c18-12-13-7-10-16(11-8-13)21(19,20)17-9-3-6-15(17)14-4-1-2-5-14/h13-15,18H,1-12H2. The van der Waals surface area contributed by atoms with E-state index >= 15 is 0 Å². The van der Waals surface area contributed by atoms with Crippen molar-refractivity contribution in [3.63, 3.8) is 0 Å². The maximum atomic E-state index is 12.9. The zero-order valence-corrected chi connectivity index (χ0v) is 13.6. The Hall–Kier alpha value is -0.170. The van der Waals surface area contributed by atoms with Crippen LogP contribution in [0.15, 0.2) is 0 Å². The first-order valence-electron chi connectivity index (χ1n) is 8.50. The van der Waals surface area contributed by atoms with E-state index in [4.69, 9.17) is 0 Å². The number of nitrogens with zero attached hydrogens (tertiary/aromatic N) is 2. The average molecular weight is 316 g/mol. The van der Waals surface area contributed by atoms with Gasteiger partial charge in [-0.1, -0.05) is 12.8 Å². The summed E-state index contributed by atoms with van der Waals surface area (Å²) in [5, 5.41) is 9.20. The van der Waals surface area contributed by atoms with Crippen LogP contribution in [0.25, 0.3) is 0 Å². The van der Waals surface area contributed by atoms with E-state index in [1.807, 2.05) is 4.31 Å². The second-order valence-corrected chi connectivity index (χ2v) is 8.78. The lowest BCUT2D eigenvalue weighted by molar-refractivity contribution is 0.163. The Balaban J connectivity index is 1.68. The third-order valence-corrected chi connectivity index (χ3v) is 7.71. The van der Waals surface area contributed by atoms with E-state index in [9.17, 15) is 13.5 Å². The summed E-state index contributed by atoms with van der Waals surface area (Å²) in [7, 11) is -3.29. The SMILES string of the molecule is O=S(=O)(N1CCC(CO)CC1)N1CCCC1C1CCCC1. The summed E-state index contributed by atoms with van der Waals surface area (Å²) in [6.45, 7) is 2.02. The van der Waals surface area contributed by atoms with Crippen LogP contribution in [0.5, 0.6) is 0 Å². The number of piperidine rings is 1. The van der Waals surface area contributed by atoms with Gasteiger partial charge in [-0.25, -0.2) is 0 Å². The van der Waals surface area contributed by atoms with Crippen molar-refractivity contribution in [2.75, 3.05) is 26.2 Å². The van der Waals surface area contributed by atoms with E-state index < -0.39 is 10.2 Å². The first-order valence-corrected chi connectivity index (χ1v) is 9.90.